The Labute approximate surface area is 90.7 Å². The summed E-state index contributed by atoms with van der Waals surface area (Å²) in [5.41, 5.74) is 0.736. The van der Waals surface area contributed by atoms with E-state index < -0.39 is 0 Å². The van der Waals surface area contributed by atoms with Gasteiger partial charge in [-0.3, -0.25) is 0 Å². The van der Waals surface area contributed by atoms with Crippen molar-refractivity contribution in [2.24, 2.45) is 11.3 Å². The summed E-state index contributed by atoms with van der Waals surface area (Å²) in [7, 11) is 0. The molecule has 0 atom stereocenters. The van der Waals surface area contributed by atoms with Gasteiger partial charge in [0, 0.05) is 5.54 Å². The average molecular weight is 199 g/mol. The molecule has 0 spiro atoms. The standard InChI is InChI=1S/C13H29N/c1-11(2)10-13(6,7)8-9-14-12(3,4)5/h11,14H,8-10H2,1-7H3. The van der Waals surface area contributed by atoms with Gasteiger partial charge in [-0.2, -0.15) is 0 Å². The molecule has 0 aromatic rings. The number of nitrogens with one attached hydrogen (secondary N) is 1. The quantitative estimate of drug-likeness (QED) is 0.709. The first-order valence-corrected chi connectivity index (χ1v) is 5.87. The van der Waals surface area contributed by atoms with Gasteiger partial charge in [-0.1, -0.05) is 27.7 Å². The first kappa shape index (κ1) is 14.0. The predicted octanol–water partition coefficient (Wildman–Crippen LogP) is 3.84. The second-order valence-electron chi connectivity index (χ2n) is 6.69. The third kappa shape index (κ3) is 8.55. The maximum Gasteiger partial charge on any atom is 0.00965 e. The van der Waals surface area contributed by atoms with Gasteiger partial charge in [0.25, 0.3) is 0 Å². The summed E-state index contributed by atoms with van der Waals surface area (Å²) in [6.07, 6.45) is 2.58. The molecule has 0 fully saturated rings. The maximum absolute atomic E-state index is 3.55. The van der Waals surface area contributed by atoms with Gasteiger partial charge in [0.1, 0.15) is 0 Å². The van der Waals surface area contributed by atoms with Gasteiger partial charge in [0.15, 0.2) is 0 Å². The van der Waals surface area contributed by atoms with E-state index in [0.717, 1.165) is 12.5 Å². The summed E-state index contributed by atoms with van der Waals surface area (Å²) in [5.74, 6) is 0.805. The van der Waals surface area contributed by atoms with Crippen LogP contribution in [0.5, 0.6) is 0 Å². The lowest BCUT2D eigenvalue weighted by atomic mass is 9.81. The highest BCUT2D eigenvalue weighted by Gasteiger charge is 2.19. The molecule has 1 N–H and O–H groups in total. The summed E-state index contributed by atoms with van der Waals surface area (Å²) in [5, 5.41) is 3.55. The zero-order valence-corrected chi connectivity index (χ0v) is 11.2. The van der Waals surface area contributed by atoms with E-state index in [9.17, 15) is 0 Å². The molecule has 0 aromatic carbocycles. The van der Waals surface area contributed by atoms with Crippen molar-refractivity contribution in [3.63, 3.8) is 0 Å². The molecule has 0 amide bonds. The Balaban J connectivity index is 3.76. The zero-order valence-electron chi connectivity index (χ0n) is 11.2. The fraction of sp³-hybridized carbons (Fsp3) is 1.00. The van der Waals surface area contributed by atoms with Gasteiger partial charge in [0.05, 0.1) is 0 Å². The lowest BCUT2D eigenvalue weighted by Gasteiger charge is -2.29. The molecule has 0 aliphatic heterocycles. The van der Waals surface area contributed by atoms with Crippen LogP contribution >= 0.6 is 0 Å². The molecule has 0 bridgehead atoms. The minimum absolute atomic E-state index is 0.258. The second kappa shape index (κ2) is 5.16. The van der Waals surface area contributed by atoms with E-state index in [1.807, 2.05) is 0 Å². The molecule has 0 radical (unpaired) electrons. The lowest BCUT2D eigenvalue weighted by molar-refractivity contribution is 0.251. The van der Waals surface area contributed by atoms with Crippen molar-refractivity contribution >= 4 is 0 Å². The molecular formula is C13H29N. The highest BCUT2D eigenvalue weighted by molar-refractivity contribution is 4.75. The first-order chi connectivity index (χ1) is 6.12. The maximum atomic E-state index is 3.55. The number of rotatable bonds is 5. The van der Waals surface area contributed by atoms with Crippen molar-refractivity contribution in [3.05, 3.63) is 0 Å². The molecule has 0 unspecified atom stereocenters. The predicted molar refractivity (Wildman–Crippen MR) is 65.6 cm³/mol. The molecular weight excluding hydrogens is 170 g/mol. The first-order valence-electron chi connectivity index (χ1n) is 5.87. The minimum Gasteiger partial charge on any atom is -0.312 e. The zero-order chi connectivity index (χ0) is 11.4. The van der Waals surface area contributed by atoms with E-state index in [4.69, 9.17) is 0 Å². The van der Waals surface area contributed by atoms with Gasteiger partial charge < -0.3 is 5.32 Å². The Bertz CT molecular complexity index is 151. The molecule has 0 saturated carbocycles. The van der Waals surface area contributed by atoms with E-state index >= 15 is 0 Å². The third-order valence-electron chi connectivity index (χ3n) is 2.42. The lowest BCUT2D eigenvalue weighted by Crippen LogP contribution is -2.38. The second-order valence-corrected chi connectivity index (χ2v) is 6.69. The van der Waals surface area contributed by atoms with Gasteiger partial charge in [-0.15, -0.1) is 0 Å². The Morgan fingerprint density at radius 1 is 1.00 bits per heavy atom. The van der Waals surface area contributed by atoms with Crippen LogP contribution in [-0.4, -0.2) is 12.1 Å². The normalized spacial score (nSPS) is 13.7. The van der Waals surface area contributed by atoms with Crippen molar-refractivity contribution < 1.29 is 0 Å². The Morgan fingerprint density at radius 2 is 1.50 bits per heavy atom. The van der Waals surface area contributed by atoms with Gasteiger partial charge >= 0.3 is 0 Å². The number of hydrogen-bond donors (Lipinski definition) is 1. The smallest absolute Gasteiger partial charge is 0.00965 e. The Kier molecular flexibility index (Phi) is 5.14. The average Bonchev–Trinajstić information content (AvgIpc) is 1.78. The summed E-state index contributed by atoms with van der Waals surface area (Å²) in [6.45, 7) is 17.2. The van der Waals surface area contributed by atoms with Crippen LogP contribution in [0.1, 0.15) is 61.3 Å². The van der Waals surface area contributed by atoms with E-state index in [1.165, 1.54) is 12.8 Å². The molecule has 0 aliphatic carbocycles. The summed E-state index contributed by atoms with van der Waals surface area (Å²) >= 11 is 0. The summed E-state index contributed by atoms with van der Waals surface area (Å²) < 4.78 is 0. The molecule has 0 heterocycles. The molecule has 86 valence electrons. The molecule has 0 aromatic heterocycles. The van der Waals surface area contributed by atoms with Crippen LogP contribution in [0.2, 0.25) is 0 Å². The van der Waals surface area contributed by atoms with Crippen molar-refractivity contribution in [2.45, 2.75) is 66.8 Å². The summed E-state index contributed by atoms with van der Waals surface area (Å²) in [6, 6.07) is 0. The molecule has 1 heteroatoms. The van der Waals surface area contributed by atoms with Crippen LogP contribution in [0.15, 0.2) is 0 Å². The number of hydrogen-bond acceptors (Lipinski definition) is 1. The fourth-order valence-corrected chi connectivity index (χ4v) is 1.98. The molecule has 1 nitrogen and oxygen atoms in total. The van der Waals surface area contributed by atoms with Crippen LogP contribution in [0.4, 0.5) is 0 Å². The van der Waals surface area contributed by atoms with E-state index in [0.29, 0.717) is 5.41 Å². The largest absolute Gasteiger partial charge is 0.312 e. The highest BCUT2D eigenvalue weighted by Crippen LogP contribution is 2.28. The van der Waals surface area contributed by atoms with Gasteiger partial charge in [0.2, 0.25) is 0 Å². The topological polar surface area (TPSA) is 12.0 Å². The van der Waals surface area contributed by atoms with E-state index in [1.54, 1.807) is 0 Å². The molecule has 0 aliphatic rings. The van der Waals surface area contributed by atoms with E-state index in [-0.39, 0.29) is 5.54 Å². The molecule has 14 heavy (non-hydrogen) atoms. The van der Waals surface area contributed by atoms with Crippen molar-refractivity contribution in [3.8, 4) is 0 Å². The van der Waals surface area contributed by atoms with E-state index in [2.05, 4.69) is 53.8 Å². The van der Waals surface area contributed by atoms with Crippen LogP contribution in [0, 0.1) is 11.3 Å². The molecule has 0 saturated heterocycles. The summed E-state index contributed by atoms with van der Waals surface area (Å²) in [4.78, 5) is 0. The van der Waals surface area contributed by atoms with Crippen LogP contribution in [0.25, 0.3) is 0 Å². The fourth-order valence-electron chi connectivity index (χ4n) is 1.98. The Hall–Kier alpha value is -0.0400. The van der Waals surface area contributed by atoms with Crippen molar-refractivity contribution in [1.29, 1.82) is 0 Å². The highest BCUT2D eigenvalue weighted by atomic mass is 14.9. The van der Waals surface area contributed by atoms with Gasteiger partial charge in [-0.25, -0.2) is 0 Å². The van der Waals surface area contributed by atoms with Gasteiger partial charge in [-0.05, 0) is 51.5 Å². The van der Waals surface area contributed by atoms with Crippen molar-refractivity contribution in [2.75, 3.05) is 6.54 Å². The van der Waals surface area contributed by atoms with Crippen LogP contribution < -0.4 is 5.32 Å². The monoisotopic (exact) mass is 199 g/mol. The molecule has 0 rings (SSSR count). The van der Waals surface area contributed by atoms with Crippen LogP contribution in [0.3, 0.4) is 0 Å². The SMILES string of the molecule is CC(C)CC(C)(C)CCNC(C)(C)C. The third-order valence-corrected chi connectivity index (χ3v) is 2.42. The van der Waals surface area contributed by atoms with Crippen molar-refractivity contribution in [1.82, 2.24) is 5.32 Å². The minimum atomic E-state index is 0.258. The van der Waals surface area contributed by atoms with Crippen LogP contribution in [-0.2, 0) is 0 Å². The Morgan fingerprint density at radius 3 is 1.86 bits per heavy atom.